The first-order chi connectivity index (χ1) is 4.45. The molecule has 0 bridgehead atoms. The second kappa shape index (κ2) is 3.55. The fourth-order valence-corrected chi connectivity index (χ4v) is 0.906. The number of amides is 1. The topological polar surface area (TPSA) is 65.3 Å². The van der Waals surface area contributed by atoms with Gasteiger partial charge in [-0.1, -0.05) is 6.92 Å². The SMILES string of the molecule is CCCC(=O)[N]S(C)(=O)=O. The summed E-state index contributed by atoms with van der Waals surface area (Å²) in [5.41, 5.74) is 0. The molecule has 0 spiro atoms. The van der Waals surface area contributed by atoms with Gasteiger partial charge in [0.1, 0.15) is 0 Å². The van der Waals surface area contributed by atoms with E-state index in [1.54, 1.807) is 6.92 Å². The highest BCUT2D eigenvalue weighted by Crippen LogP contribution is 1.88. The molecular formula is C5H10NO3S. The third-order valence-electron chi connectivity index (χ3n) is 0.732. The molecule has 59 valence electrons. The maximum absolute atomic E-state index is 10.5. The van der Waals surface area contributed by atoms with Gasteiger partial charge in [-0.05, 0) is 6.42 Å². The Kier molecular flexibility index (Phi) is 3.35. The molecule has 0 saturated heterocycles. The van der Waals surface area contributed by atoms with E-state index in [1.165, 1.54) is 0 Å². The van der Waals surface area contributed by atoms with Gasteiger partial charge in [-0.25, -0.2) is 8.42 Å². The Morgan fingerprint density at radius 2 is 2.00 bits per heavy atom. The fraction of sp³-hybridized carbons (Fsp3) is 0.800. The Morgan fingerprint density at radius 1 is 1.50 bits per heavy atom. The predicted molar refractivity (Wildman–Crippen MR) is 36.9 cm³/mol. The fourth-order valence-electron chi connectivity index (χ4n) is 0.444. The molecule has 0 saturated carbocycles. The third kappa shape index (κ3) is 5.55. The molecule has 0 aromatic carbocycles. The van der Waals surface area contributed by atoms with E-state index in [4.69, 9.17) is 0 Å². The van der Waals surface area contributed by atoms with Crippen molar-refractivity contribution >= 4 is 15.9 Å². The van der Waals surface area contributed by atoms with Crippen molar-refractivity contribution < 1.29 is 13.2 Å². The lowest BCUT2D eigenvalue weighted by Crippen LogP contribution is -2.21. The van der Waals surface area contributed by atoms with Gasteiger partial charge in [-0.2, -0.15) is 0 Å². The highest BCUT2D eigenvalue weighted by Gasteiger charge is 2.08. The molecule has 1 radical (unpaired) electrons. The van der Waals surface area contributed by atoms with E-state index in [-0.39, 0.29) is 6.42 Å². The summed E-state index contributed by atoms with van der Waals surface area (Å²) >= 11 is 0. The lowest BCUT2D eigenvalue weighted by Gasteiger charge is -1.94. The van der Waals surface area contributed by atoms with Crippen LogP contribution in [-0.2, 0) is 14.8 Å². The van der Waals surface area contributed by atoms with Crippen molar-refractivity contribution in [3.05, 3.63) is 0 Å². The van der Waals surface area contributed by atoms with Gasteiger partial charge >= 0.3 is 0 Å². The Labute approximate surface area is 60.7 Å². The van der Waals surface area contributed by atoms with E-state index < -0.39 is 15.9 Å². The summed E-state index contributed by atoms with van der Waals surface area (Å²) < 4.78 is 23.6. The van der Waals surface area contributed by atoms with E-state index in [0.717, 1.165) is 6.26 Å². The van der Waals surface area contributed by atoms with Crippen LogP contribution in [0.4, 0.5) is 0 Å². The van der Waals surface area contributed by atoms with Crippen molar-refractivity contribution in [1.82, 2.24) is 4.72 Å². The highest BCUT2D eigenvalue weighted by atomic mass is 32.2. The zero-order valence-electron chi connectivity index (χ0n) is 5.99. The second-order valence-electron chi connectivity index (χ2n) is 1.97. The average Bonchev–Trinajstić information content (AvgIpc) is 1.59. The van der Waals surface area contributed by atoms with E-state index in [1.807, 2.05) is 0 Å². The van der Waals surface area contributed by atoms with Gasteiger partial charge in [0, 0.05) is 6.42 Å². The molecule has 0 N–H and O–H groups in total. The summed E-state index contributed by atoms with van der Waals surface area (Å²) in [5.74, 6) is -0.565. The predicted octanol–water partition coefficient (Wildman–Crippen LogP) is -0.123. The molecule has 0 unspecified atom stereocenters. The molecule has 0 heterocycles. The third-order valence-corrected chi connectivity index (χ3v) is 1.27. The van der Waals surface area contributed by atoms with Crippen LogP contribution in [0.3, 0.4) is 0 Å². The van der Waals surface area contributed by atoms with Crippen molar-refractivity contribution in [2.45, 2.75) is 19.8 Å². The quantitative estimate of drug-likeness (QED) is 0.584. The monoisotopic (exact) mass is 164 g/mol. The van der Waals surface area contributed by atoms with E-state index in [0.29, 0.717) is 6.42 Å². The van der Waals surface area contributed by atoms with E-state index in [9.17, 15) is 13.2 Å². The molecule has 10 heavy (non-hydrogen) atoms. The van der Waals surface area contributed by atoms with Gasteiger partial charge in [0.2, 0.25) is 0 Å². The zero-order chi connectivity index (χ0) is 8.20. The molecule has 0 aromatic heterocycles. The molecule has 0 atom stereocenters. The largest absolute Gasteiger partial charge is 0.272 e. The van der Waals surface area contributed by atoms with Gasteiger partial charge in [-0.3, -0.25) is 4.79 Å². The van der Waals surface area contributed by atoms with Crippen LogP contribution in [0.25, 0.3) is 0 Å². The normalized spacial score (nSPS) is 11.0. The van der Waals surface area contributed by atoms with Gasteiger partial charge in [0.15, 0.2) is 0 Å². The highest BCUT2D eigenvalue weighted by molar-refractivity contribution is 7.89. The number of rotatable bonds is 3. The molecule has 0 aliphatic carbocycles. The van der Waals surface area contributed by atoms with Crippen molar-refractivity contribution in [2.75, 3.05) is 6.26 Å². The maximum atomic E-state index is 10.5. The lowest BCUT2D eigenvalue weighted by atomic mass is 10.3. The van der Waals surface area contributed by atoms with E-state index in [2.05, 4.69) is 4.72 Å². The van der Waals surface area contributed by atoms with Gasteiger partial charge in [-0.15, -0.1) is 4.72 Å². The number of sulfonamides is 1. The summed E-state index contributed by atoms with van der Waals surface area (Å²) in [6.45, 7) is 1.79. The van der Waals surface area contributed by atoms with Crippen LogP contribution in [0.1, 0.15) is 19.8 Å². The standard InChI is InChI=1S/C5H10NO3S/c1-3-4-5(7)6-10(2,8)9/h3-4H2,1-2H3. The van der Waals surface area contributed by atoms with Crippen LogP contribution in [-0.4, -0.2) is 20.6 Å². The lowest BCUT2D eigenvalue weighted by molar-refractivity contribution is -0.119. The number of hydrogen-bond donors (Lipinski definition) is 0. The minimum absolute atomic E-state index is 0.201. The van der Waals surface area contributed by atoms with Gasteiger partial charge in [0.25, 0.3) is 15.9 Å². The molecule has 0 aromatic rings. The minimum Gasteiger partial charge on any atom is -0.272 e. The molecule has 0 fully saturated rings. The van der Waals surface area contributed by atoms with E-state index >= 15 is 0 Å². The first-order valence-corrected chi connectivity index (χ1v) is 4.76. The molecule has 4 nitrogen and oxygen atoms in total. The van der Waals surface area contributed by atoms with Crippen LogP contribution in [0, 0.1) is 0 Å². The molecular weight excluding hydrogens is 154 g/mol. The van der Waals surface area contributed by atoms with Gasteiger partial charge in [0.05, 0.1) is 6.26 Å². The van der Waals surface area contributed by atoms with Gasteiger partial charge < -0.3 is 0 Å². The Morgan fingerprint density at radius 3 is 2.30 bits per heavy atom. The number of carbonyl (C=O) groups excluding carboxylic acids is 1. The van der Waals surface area contributed by atoms with Crippen molar-refractivity contribution in [3.8, 4) is 0 Å². The first-order valence-electron chi connectivity index (χ1n) is 2.91. The maximum Gasteiger partial charge on any atom is 0.256 e. The number of hydrogen-bond acceptors (Lipinski definition) is 3. The Bertz CT molecular complexity index is 207. The molecule has 0 aliphatic rings. The van der Waals surface area contributed by atoms with Crippen LogP contribution in [0.15, 0.2) is 0 Å². The Balaban J connectivity index is 3.82. The zero-order valence-corrected chi connectivity index (χ0v) is 6.81. The smallest absolute Gasteiger partial charge is 0.256 e. The summed E-state index contributed by atoms with van der Waals surface area (Å²) in [7, 11) is -3.47. The minimum atomic E-state index is -3.47. The average molecular weight is 164 g/mol. The van der Waals surface area contributed by atoms with Crippen molar-refractivity contribution in [2.24, 2.45) is 0 Å². The Hall–Kier alpha value is -0.580. The van der Waals surface area contributed by atoms with Crippen LogP contribution in [0.2, 0.25) is 0 Å². The molecule has 0 aliphatic heterocycles. The molecule has 5 heteroatoms. The first kappa shape index (κ1) is 9.42. The number of nitrogens with zero attached hydrogens (tertiary/aromatic N) is 1. The van der Waals surface area contributed by atoms with Crippen LogP contribution < -0.4 is 4.72 Å². The molecule has 0 rings (SSSR count). The van der Waals surface area contributed by atoms with Crippen molar-refractivity contribution in [3.63, 3.8) is 0 Å². The second-order valence-corrected chi connectivity index (χ2v) is 3.62. The van der Waals surface area contributed by atoms with Crippen LogP contribution in [0.5, 0.6) is 0 Å². The van der Waals surface area contributed by atoms with Crippen molar-refractivity contribution in [1.29, 1.82) is 0 Å². The van der Waals surface area contributed by atoms with Crippen LogP contribution >= 0.6 is 0 Å². The molecule has 1 amide bonds. The summed E-state index contributed by atoms with van der Waals surface area (Å²) in [6, 6.07) is 0. The summed E-state index contributed by atoms with van der Waals surface area (Å²) in [6.07, 6.45) is 1.73. The number of carbonyl (C=O) groups is 1. The summed E-state index contributed by atoms with van der Waals surface area (Å²) in [4.78, 5) is 10.5. The summed E-state index contributed by atoms with van der Waals surface area (Å²) in [5, 5.41) is 0.